The molecule has 0 aliphatic heterocycles. The quantitative estimate of drug-likeness (QED) is 0.300. The van der Waals surface area contributed by atoms with Crippen LogP contribution in [0.4, 0.5) is 0 Å². The van der Waals surface area contributed by atoms with E-state index in [1.165, 1.54) is 0 Å². The van der Waals surface area contributed by atoms with Crippen molar-refractivity contribution in [3.8, 4) is 23.0 Å². The van der Waals surface area contributed by atoms with Gasteiger partial charge in [-0.2, -0.15) is 0 Å². The van der Waals surface area contributed by atoms with E-state index < -0.39 is 29.1 Å². The topological polar surface area (TPSA) is 144 Å². The largest absolute Gasteiger partial charge is 0.507 e. The van der Waals surface area contributed by atoms with Crippen LogP contribution >= 0.6 is 0 Å². The van der Waals surface area contributed by atoms with Crippen LogP contribution in [0, 0.1) is 11.8 Å². The number of aromatic hydroxyl groups is 4. The molecule has 1 rings (SSSR count). The maximum absolute atomic E-state index is 11.0. The molecule has 0 aliphatic carbocycles. The molecule has 0 saturated heterocycles. The molecule has 7 nitrogen and oxygen atoms in total. The number of carbonyl (C=O) groups is 1. The van der Waals surface area contributed by atoms with Gasteiger partial charge < -0.3 is 31.3 Å². The molecule has 7 N–H and O–H groups in total. The van der Waals surface area contributed by atoms with Crippen molar-refractivity contribution >= 4 is 5.97 Å². The minimum atomic E-state index is -0.898. The van der Waals surface area contributed by atoms with Crippen LogP contribution in [0.2, 0.25) is 0 Å². The summed E-state index contributed by atoms with van der Waals surface area (Å²) >= 11 is 0. The van der Waals surface area contributed by atoms with Crippen LogP contribution in [0.3, 0.4) is 0 Å². The summed E-state index contributed by atoms with van der Waals surface area (Å²) in [5, 5.41) is 47.4. The zero-order chi connectivity index (χ0) is 17.6. The summed E-state index contributed by atoms with van der Waals surface area (Å²) in [7, 11) is 0. The Morgan fingerprint density at radius 3 is 2.35 bits per heavy atom. The fourth-order valence-electron chi connectivity index (χ4n) is 2.67. The summed E-state index contributed by atoms with van der Waals surface area (Å²) in [5.41, 5.74) is 5.64. The van der Waals surface area contributed by atoms with Crippen LogP contribution in [0.1, 0.15) is 38.2 Å². The molecule has 130 valence electrons. The second-order valence-electron chi connectivity index (χ2n) is 5.76. The molecular weight excluding hydrogens is 302 g/mol. The maximum atomic E-state index is 11.0. The summed E-state index contributed by atoms with van der Waals surface area (Å²) in [6.45, 7) is 2.07. The van der Waals surface area contributed by atoms with E-state index in [0.717, 1.165) is 12.5 Å². The summed E-state index contributed by atoms with van der Waals surface area (Å²) in [6.07, 6.45) is 2.91. The third kappa shape index (κ3) is 4.92. The van der Waals surface area contributed by atoms with Gasteiger partial charge in [0.05, 0.1) is 5.92 Å². The molecular formula is C16H25NO6. The lowest BCUT2D eigenvalue weighted by Crippen LogP contribution is -2.25. The Morgan fingerprint density at radius 1 is 1.17 bits per heavy atom. The van der Waals surface area contributed by atoms with Gasteiger partial charge in [-0.05, 0) is 25.2 Å². The van der Waals surface area contributed by atoms with Gasteiger partial charge >= 0.3 is 5.97 Å². The molecule has 0 saturated carbocycles. The van der Waals surface area contributed by atoms with Crippen molar-refractivity contribution < 1.29 is 30.3 Å². The SMILES string of the molecule is CCC(CCCc1c(O)cc(O)c(O)c1O)CC(CN)C(=O)O. The number of carboxylic acid groups (broad SMARTS) is 1. The maximum Gasteiger partial charge on any atom is 0.307 e. The first-order valence-corrected chi connectivity index (χ1v) is 7.70. The van der Waals surface area contributed by atoms with Gasteiger partial charge in [0.25, 0.3) is 0 Å². The number of aliphatic carboxylic acids is 1. The number of nitrogens with two attached hydrogens (primary N) is 1. The molecule has 0 amide bonds. The lowest BCUT2D eigenvalue weighted by Gasteiger charge is -2.19. The highest BCUT2D eigenvalue weighted by Crippen LogP contribution is 2.43. The van der Waals surface area contributed by atoms with Gasteiger partial charge in [-0.1, -0.05) is 19.8 Å². The summed E-state index contributed by atoms with van der Waals surface area (Å²) in [6, 6.07) is 0.983. The van der Waals surface area contributed by atoms with Crippen molar-refractivity contribution in [2.45, 2.75) is 39.0 Å². The zero-order valence-electron chi connectivity index (χ0n) is 13.2. The number of hydrogen-bond donors (Lipinski definition) is 6. The summed E-state index contributed by atoms with van der Waals surface area (Å²) in [4.78, 5) is 11.0. The van der Waals surface area contributed by atoms with Crippen molar-refractivity contribution in [3.63, 3.8) is 0 Å². The Balaban J connectivity index is 2.65. The number of phenolic OH excluding ortho intramolecular Hbond substituents is 4. The zero-order valence-corrected chi connectivity index (χ0v) is 13.2. The standard InChI is InChI=1S/C16H25NO6/c1-2-9(6-10(8-17)16(22)23)4-3-5-11-12(18)7-13(19)15(21)14(11)20/h7,9-10,18-21H,2-6,8,17H2,1H3,(H,22,23). The van der Waals surface area contributed by atoms with E-state index in [4.69, 9.17) is 10.8 Å². The van der Waals surface area contributed by atoms with Crippen molar-refractivity contribution in [2.75, 3.05) is 6.54 Å². The fourth-order valence-corrected chi connectivity index (χ4v) is 2.67. The first-order chi connectivity index (χ1) is 10.8. The van der Waals surface area contributed by atoms with Crippen LogP contribution in [-0.4, -0.2) is 38.0 Å². The Bertz CT molecular complexity index is 546. The Labute approximate surface area is 135 Å². The van der Waals surface area contributed by atoms with Crippen molar-refractivity contribution in [1.82, 2.24) is 0 Å². The molecule has 0 heterocycles. The predicted molar refractivity (Wildman–Crippen MR) is 84.6 cm³/mol. The number of benzene rings is 1. The average molecular weight is 327 g/mol. The molecule has 2 atom stereocenters. The third-order valence-corrected chi connectivity index (χ3v) is 4.20. The van der Waals surface area contributed by atoms with Gasteiger partial charge in [0.2, 0.25) is 5.75 Å². The first kappa shape index (κ1) is 18.9. The van der Waals surface area contributed by atoms with Crippen LogP contribution in [0.15, 0.2) is 6.07 Å². The molecule has 1 aromatic carbocycles. The minimum absolute atomic E-state index is 0.0965. The van der Waals surface area contributed by atoms with E-state index in [1.54, 1.807) is 0 Å². The molecule has 0 bridgehead atoms. The van der Waals surface area contributed by atoms with E-state index in [0.29, 0.717) is 25.7 Å². The fraction of sp³-hybridized carbons (Fsp3) is 0.562. The number of rotatable bonds is 9. The lowest BCUT2D eigenvalue weighted by molar-refractivity contribution is -0.142. The Morgan fingerprint density at radius 2 is 1.83 bits per heavy atom. The van der Waals surface area contributed by atoms with E-state index in [2.05, 4.69) is 0 Å². The van der Waals surface area contributed by atoms with Gasteiger partial charge in [-0.25, -0.2) is 0 Å². The van der Waals surface area contributed by atoms with Crippen molar-refractivity contribution in [2.24, 2.45) is 17.6 Å². The van der Waals surface area contributed by atoms with Gasteiger partial charge in [0.1, 0.15) is 5.75 Å². The molecule has 0 spiro atoms. The van der Waals surface area contributed by atoms with Crippen LogP contribution in [0.5, 0.6) is 23.0 Å². The van der Waals surface area contributed by atoms with E-state index in [1.807, 2.05) is 6.92 Å². The Kier molecular flexibility index (Phi) is 6.96. The minimum Gasteiger partial charge on any atom is -0.507 e. The normalized spacial score (nSPS) is 13.7. The number of phenols is 4. The highest BCUT2D eigenvalue weighted by atomic mass is 16.4. The molecule has 7 heteroatoms. The molecule has 1 aromatic rings. The average Bonchev–Trinajstić information content (AvgIpc) is 2.51. The van der Waals surface area contributed by atoms with Gasteiger partial charge in [0.15, 0.2) is 11.5 Å². The molecule has 0 aliphatic rings. The highest BCUT2D eigenvalue weighted by Gasteiger charge is 2.21. The molecule has 2 unspecified atom stereocenters. The predicted octanol–water partition coefficient (Wildman–Crippen LogP) is 1.91. The second kappa shape index (κ2) is 8.47. The van der Waals surface area contributed by atoms with E-state index in [9.17, 15) is 25.2 Å². The van der Waals surface area contributed by atoms with Crippen molar-refractivity contribution in [1.29, 1.82) is 0 Å². The monoisotopic (exact) mass is 327 g/mol. The van der Waals surface area contributed by atoms with Crippen LogP contribution in [0.25, 0.3) is 0 Å². The van der Waals surface area contributed by atoms with Gasteiger partial charge in [-0.15, -0.1) is 0 Å². The molecule has 23 heavy (non-hydrogen) atoms. The van der Waals surface area contributed by atoms with E-state index in [-0.39, 0.29) is 23.8 Å². The smallest absolute Gasteiger partial charge is 0.307 e. The van der Waals surface area contributed by atoms with Gasteiger partial charge in [-0.3, -0.25) is 4.79 Å². The van der Waals surface area contributed by atoms with Crippen LogP contribution in [-0.2, 0) is 11.2 Å². The highest BCUT2D eigenvalue weighted by molar-refractivity contribution is 5.70. The molecule has 0 fully saturated rings. The first-order valence-electron chi connectivity index (χ1n) is 7.70. The molecule has 0 aromatic heterocycles. The van der Waals surface area contributed by atoms with Crippen LogP contribution < -0.4 is 5.73 Å². The Hall–Kier alpha value is -2.15. The number of carboxylic acids is 1. The summed E-state index contributed by atoms with van der Waals surface area (Å²) < 4.78 is 0. The van der Waals surface area contributed by atoms with Gasteiger partial charge in [0, 0.05) is 18.2 Å². The lowest BCUT2D eigenvalue weighted by atomic mass is 9.88. The number of hydrogen-bond acceptors (Lipinski definition) is 6. The molecule has 0 radical (unpaired) electrons. The summed E-state index contributed by atoms with van der Waals surface area (Å²) in [5.74, 6) is -3.34. The van der Waals surface area contributed by atoms with Crippen molar-refractivity contribution in [3.05, 3.63) is 11.6 Å². The third-order valence-electron chi connectivity index (χ3n) is 4.20. The second-order valence-corrected chi connectivity index (χ2v) is 5.76. The van der Waals surface area contributed by atoms with E-state index >= 15 is 0 Å².